The lowest BCUT2D eigenvalue weighted by Gasteiger charge is -2.23. The van der Waals surface area contributed by atoms with Crippen LogP contribution in [0.4, 0.5) is 13.2 Å². The zero-order valence-electron chi connectivity index (χ0n) is 8.18. The molecule has 3 nitrogen and oxygen atoms in total. The molecule has 1 unspecified atom stereocenters. The Morgan fingerprint density at radius 2 is 1.86 bits per heavy atom. The van der Waals surface area contributed by atoms with Gasteiger partial charge in [-0.25, -0.2) is 0 Å². The summed E-state index contributed by atoms with van der Waals surface area (Å²) in [6.07, 6.45) is -6.39. The summed E-state index contributed by atoms with van der Waals surface area (Å²) in [4.78, 5) is 10.5. The molecule has 0 aliphatic heterocycles. The van der Waals surface area contributed by atoms with Gasteiger partial charge in [0.05, 0.1) is 12.0 Å². The largest absolute Gasteiger partial charge is 0.481 e. The summed E-state index contributed by atoms with van der Waals surface area (Å²) in [6.45, 7) is 2.98. The molecule has 1 atom stereocenters. The first-order valence-corrected chi connectivity index (χ1v) is 3.99. The number of ether oxygens (including phenoxy) is 1. The van der Waals surface area contributed by atoms with Crippen LogP contribution in [0.3, 0.4) is 0 Å². The van der Waals surface area contributed by atoms with E-state index in [0.29, 0.717) is 0 Å². The molecule has 0 saturated carbocycles. The predicted molar refractivity (Wildman–Crippen MR) is 42.9 cm³/mol. The molecular formula is C8H13F3O3. The minimum atomic E-state index is -4.45. The Bertz CT molecular complexity index is 210. The fraction of sp³-hybridized carbons (Fsp3) is 0.875. The van der Waals surface area contributed by atoms with E-state index >= 15 is 0 Å². The highest BCUT2D eigenvalue weighted by Gasteiger charge is 2.39. The van der Waals surface area contributed by atoms with Crippen LogP contribution in [-0.2, 0) is 9.53 Å². The number of carboxylic acids is 1. The van der Waals surface area contributed by atoms with Gasteiger partial charge in [0.15, 0.2) is 6.10 Å². The van der Waals surface area contributed by atoms with Gasteiger partial charge < -0.3 is 9.84 Å². The Hall–Kier alpha value is -0.780. The van der Waals surface area contributed by atoms with Crippen molar-refractivity contribution in [3.63, 3.8) is 0 Å². The summed E-state index contributed by atoms with van der Waals surface area (Å²) >= 11 is 0. The molecule has 84 valence electrons. The van der Waals surface area contributed by atoms with E-state index in [4.69, 9.17) is 5.11 Å². The summed E-state index contributed by atoms with van der Waals surface area (Å²) in [5.74, 6) is -1.19. The molecule has 0 amide bonds. The molecule has 0 aliphatic rings. The number of hydrogen-bond acceptors (Lipinski definition) is 2. The van der Waals surface area contributed by atoms with Gasteiger partial charge >= 0.3 is 12.1 Å². The Morgan fingerprint density at radius 1 is 1.43 bits per heavy atom. The number of alkyl halides is 3. The third-order valence-corrected chi connectivity index (χ3v) is 1.73. The van der Waals surface area contributed by atoms with Crippen LogP contribution in [0.25, 0.3) is 0 Å². The molecule has 0 aromatic heterocycles. The third-order valence-electron chi connectivity index (χ3n) is 1.73. The van der Waals surface area contributed by atoms with Gasteiger partial charge in [0.2, 0.25) is 0 Å². The van der Waals surface area contributed by atoms with E-state index in [-0.39, 0.29) is 0 Å². The van der Waals surface area contributed by atoms with Crippen LogP contribution >= 0.6 is 0 Å². The van der Waals surface area contributed by atoms with E-state index in [1.54, 1.807) is 0 Å². The second-order valence-electron chi connectivity index (χ2n) is 3.68. The van der Waals surface area contributed by atoms with Crippen LogP contribution in [0.1, 0.15) is 20.8 Å². The first kappa shape index (κ1) is 13.2. The molecule has 0 aliphatic carbocycles. The fourth-order valence-electron chi connectivity index (χ4n) is 0.490. The van der Waals surface area contributed by atoms with Crippen molar-refractivity contribution in [1.82, 2.24) is 0 Å². The Morgan fingerprint density at radius 3 is 2.14 bits per heavy atom. The van der Waals surface area contributed by atoms with Gasteiger partial charge in [0.25, 0.3) is 0 Å². The third kappa shape index (κ3) is 3.95. The van der Waals surface area contributed by atoms with Crippen LogP contribution in [0.5, 0.6) is 0 Å². The van der Waals surface area contributed by atoms with E-state index in [0.717, 1.165) is 6.92 Å². The highest BCUT2D eigenvalue weighted by Crippen LogP contribution is 2.25. The lowest BCUT2D eigenvalue weighted by Crippen LogP contribution is -2.35. The predicted octanol–water partition coefficient (Wildman–Crippen LogP) is 2.06. The molecule has 0 aromatic rings. The molecule has 0 fully saturated rings. The van der Waals surface area contributed by atoms with E-state index in [1.807, 2.05) is 0 Å². The van der Waals surface area contributed by atoms with Crippen molar-refractivity contribution in [1.29, 1.82) is 0 Å². The fourth-order valence-corrected chi connectivity index (χ4v) is 0.490. The van der Waals surface area contributed by atoms with Crippen LogP contribution in [0.15, 0.2) is 0 Å². The minimum absolute atomic E-state index is 0.469. The van der Waals surface area contributed by atoms with Crippen molar-refractivity contribution >= 4 is 5.97 Å². The summed E-state index contributed by atoms with van der Waals surface area (Å²) in [5.41, 5.74) is -1.31. The molecule has 0 aromatic carbocycles. The number of carboxylic acid groups (broad SMARTS) is 1. The number of halogens is 3. The van der Waals surface area contributed by atoms with E-state index in [1.165, 1.54) is 13.8 Å². The summed E-state index contributed by atoms with van der Waals surface area (Å²) in [6, 6.07) is 0. The van der Waals surface area contributed by atoms with Gasteiger partial charge in [-0.15, -0.1) is 0 Å². The Balaban J connectivity index is 4.13. The van der Waals surface area contributed by atoms with Gasteiger partial charge in [-0.3, -0.25) is 4.79 Å². The van der Waals surface area contributed by atoms with Gasteiger partial charge in [-0.1, -0.05) is 0 Å². The van der Waals surface area contributed by atoms with Gasteiger partial charge in [0.1, 0.15) is 0 Å². The maximum Gasteiger partial charge on any atom is 0.414 e. The van der Waals surface area contributed by atoms with Crippen molar-refractivity contribution in [3.05, 3.63) is 0 Å². The van der Waals surface area contributed by atoms with E-state index in [2.05, 4.69) is 4.74 Å². The van der Waals surface area contributed by atoms with Crippen LogP contribution < -0.4 is 0 Å². The van der Waals surface area contributed by atoms with Crippen molar-refractivity contribution in [2.45, 2.75) is 33.1 Å². The molecule has 14 heavy (non-hydrogen) atoms. The molecule has 1 N–H and O–H groups in total. The van der Waals surface area contributed by atoms with Gasteiger partial charge in [0, 0.05) is 0 Å². The first-order valence-electron chi connectivity index (χ1n) is 3.99. The standard InChI is InChI=1S/C8H13F3O3/c1-5(8(9,10)11)14-4-7(2,3)6(12)13/h5H,4H2,1-3H3,(H,12,13). The monoisotopic (exact) mass is 214 g/mol. The second-order valence-corrected chi connectivity index (χ2v) is 3.68. The SMILES string of the molecule is CC(OCC(C)(C)C(=O)O)C(F)(F)F. The Kier molecular flexibility index (Phi) is 3.93. The molecule has 0 radical (unpaired) electrons. The topological polar surface area (TPSA) is 46.5 Å². The molecule has 0 bridgehead atoms. The van der Waals surface area contributed by atoms with Crippen molar-refractivity contribution in [2.24, 2.45) is 5.41 Å². The average molecular weight is 214 g/mol. The number of rotatable bonds is 4. The maximum atomic E-state index is 12.0. The smallest absolute Gasteiger partial charge is 0.414 e. The normalized spacial score (nSPS) is 15.3. The van der Waals surface area contributed by atoms with E-state index < -0.39 is 30.3 Å². The lowest BCUT2D eigenvalue weighted by atomic mass is 9.95. The lowest BCUT2D eigenvalue weighted by molar-refractivity contribution is -0.221. The van der Waals surface area contributed by atoms with E-state index in [9.17, 15) is 18.0 Å². The zero-order valence-corrected chi connectivity index (χ0v) is 8.18. The van der Waals surface area contributed by atoms with Crippen molar-refractivity contribution in [2.75, 3.05) is 6.61 Å². The Labute approximate surface area is 79.9 Å². The van der Waals surface area contributed by atoms with Gasteiger partial charge in [-0.2, -0.15) is 13.2 Å². The molecule has 0 spiro atoms. The van der Waals surface area contributed by atoms with Crippen LogP contribution in [0, 0.1) is 5.41 Å². The van der Waals surface area contributed by atoms with Gasteiger partial charge in [-0.05, 0) is 20.8 Å². The van der Waals surface area contributed by atoms with Crippen LogP contribution in [-0.4, -0.2) is 30.0 Å². The quantitative estimate of drug-likeness (QED) is 0.779. The maximum absolute atomic E-state index is 12.0. The highest BCUT2D eigenvalue weighted by atomic mass is 19.4. The number of carbonyl (C=O) groups is 1. The summed E-state index contributed by atoms with van der Waals surface area (Å²) in [5, 5.41) is 8.60. The zero-order chi connectivity index (χ0) is 11.6. The molecule has 0 heterocycles. The number of aliphatic carboxylic acids is 1. The summed E-state index contributed by atoms with van der Waals surface area (Å²) in [7, 11) is 0. The first-order chi connectivity index (χ1) is 6.07. The molecule has 6 heteroatoms. The van der Waals surface area contributed by atoms with Crippen molar-refractivity contribution in [3.8, 4) is 0 Å². The second kappa shape index (κ2) is 4.16. The van der Waals surface area contributed by atoms with Crippen LogP contribution in [0.2, 0.25) is 0 Å². The molecular weight excluding hydrogens is 201 g/mol. The molecule has 0 saturated heterocycles. The molecule has 0 rings (SSSR count). The number of hydrogen-bond donors (Lipinski definition) is 1. The highest BCUT2D eigenvalue weighted by molar-refractivity contribution is 5.73. The summed E-state index contributed by atoms with van der Waals surface area (Å²) < 4.78 is 40.3. The average Bonchev–Trinajstić information content (AvgIpc) is 1.98. The minimum Gasteiger partial charge on any atom is -0.481 e. The van der Waals surface area contributed by atoms with Crippen molar-refractivity contribution < 1.29 is 27.8 Å².